The number of carbonyl (C=O) groups is 2. The first-order valence-electron chi connectivity index (χ1n) is 8.63. The molecule has 0 aliphatic heterocycles. The summed E-state index contributed by atoms with van der Waals surface area (Å²) in [6.45, 7) is 1.92. The van der Waals surface area contributed by atoms with Gasteiger partial charge in [0, 0.05) is 28.7 Å². The van der Waals surface area contributed by atoms with Gasteiger partial charge < -0.3 is 10.6 Å². The van der Waals surface area contributed by atoms with Gasteiger partial charge in [0.05, 0.1) is 11.1 Å². The highest BCUT2D eigenvalue weighted by Crippen LogP contribution is 2.29. The van der Waals surface area contributed by atoms with E-state index in [0.717, 1.165) is 48.7 Å². The number of nitrogens with one attached hydrogen (secondary N) is 2. The van der Waals surface area contributed by atoms with Gasteiger partial charge in [0.2, 0.25) is 5.91 Å². The largest absolute Gasteiger partial charge is 0.349 e. The molecular weight excluding hydrogens is 302 g/mol. The van der Waals surface area contributed by atoms with Gasteiger partial charge in [-0.15, -0.1) is 0 Å². The van der Waals surface area contributed by atoms with Crippen molar-refractivity contribution < 1.29 is 9.59 Å². The standard InChI is InChI=1S/C19H21N3O2/c1-11-5-8-15-16(19(24)21-13-6-7-13)9-14(10-17(15)20-11)22-18(23)12-3-2-4-12/h5,8-10,12-13H,2-4,6-7H2,1H3,(H,21,24)(H,22,23). The van der Waals surface area contributed by atoms with Crippen LogP contribution in [0, 0.1) is 12.8 Å². The average Bonchev–Trinajstić information content (AvgIpc) is 3.27. The number of hydrogen-bond acceptors (Lipinski definition) is 3. The van der Waals surface area contributed by atoms with Crippen LogP contribution in [0.2, 0.25) is 0 Å². The van der Waals surface area contributed by atoms with E-state index < -0.39 is 0 Å². The number of pyridine rings is 1. The Morgan fingerprint density at radius 2 is 1.92 bits per heavy atom. The van der Waals surface area contributed by atoms with Gasteiger partial charge in [-0.1, -0.05) is 12.5 Å². The number of aryl methyl sites for hydroxylation is 1. The molecule has 2 N–H and O–H groups in total. The van der Waals surface area contributed by atoms with E-state index >= 15 is 0 Å². The minimum absolute atomic E-state index is 0.0433. The molecule has 0 unspecified atom stereocenters. The lowest BCUT2D eigenvalue weighted by Gasteiger charge is -2.24. The first kappa shape index (κ1) is 15.1. The first-order chi connectivity index (χ1) is 11.6. The third-order valence-electron chi connectivity index (χ3n) is 4.85. The van der Waals surface area contributed by atoms with Crippen LogP contribution in [0.25, 0.3) is 10.9 Å². The Morgan fingerprint density at radius 3 is 2.58 bits per heavy atom. The zero-order valence-electron chi connectivity index (χ0n) is 13.8. The van der Waals surface area contributed by atoms with Crippen molar-refractivity contribution in [3.05, 3.63) is 35.5 Å². The lowest BCUT2D eigenvalue weighted by Crippen LogP contribution is -2.28. The number of nitrogens with zero attached hydrogens (tertiary/aromatic N) is 1. The van der Waals surface area contributed by atoms with Crippen molar-refractivity contribution in [3.8, 4) is 0 Å². The SMILES string of the molecule is Cc1ccc2c(C(=O)NC3CC3)cc(NC(=O)C3CCC3)cc2n1. The fraction of sp³-hybridized carbons (Fsp3) is 0.421. The predicted molar refractivity (Wildman–Crippen MR) is 92.9 cm³/mol. The number of carbonyl (C=O) groups excluding carboxylic acids is 2. The van der Waals surface area contributed by atoms with Crippen molar-refractivity contribution in [2.24, 2.45) is 5.92 Å². The minimum atomic E-state index is -0.0899. The Morgan fingerprint density at radius 1 is 1.12 bits per heavy atom. The van der Waals surface area contributed by atoms with Gasteiger partial charge >= 0.3 is 0 Å². The van der Waals surface area contributed by atoms with Crippen molar-refractivity contribution in [2.45, 2.75) is 45.1 Å². The molecule has 2 fully saturated rings. The Balaban J connectivity index is 1.70. The maximum Gasteiger partial charge on any atom is 0.252 e. The molecule has 0 atom stereocenters. The highest BCUT2D eigenvalue weighted by molar-refractivity contribution is 6.09. The quantitative estimate of drug-likeness (QED) is 0.908. The minimum Gasteiger partial charge on any atom is -0.349 e. The number of rotatable bonds is 4. The van der Waals surface area contributed by atoms with Crippen LogP contribution < -0.4 is 10.6 Å². The topological polar surface area (TPSA) is 71.1 Å². The molecule has 24 heavy (non-hydrogen) atoms. The van der Waals surface area contributed by atoms with Crippen LogP contribution in [-0.4, -0.2) is 22.8 Å². The summed E-state index contributed by atoms with van der Waals surface area (Å²) in [7, 11) is 0. The van der Waals surface area contributed by atoms with Crippen molar-refractivity contribution >= 4 is 28.4 Å². The molecule has 0 saturated heterocycles. The van der Waals surface area contributed by atoms with Crippen LogP contribution in [0.5, 0.6) is 0 Å². The molecule has 124 valence electrons. The van der Waals surface area contributed by atoms with Gasteiger partial charge in [0.25, 0.3) is 5.91 Å². The molecule has 2 aliphatic carbocycles. The van der Waals surface area contributed by atoms with Crippen LogP contribution in [0.15, 0.2) is 24.3 Å². The Labute approximate surface area is 140 Å². The fourth-order valence-electron chi connectivity index (χ4n) is 3.00. The molecule has 2 aliphatic rings. The third-order valence-corrected chi connectivity index (χ3v) is 4.85. The molecule has 0 spiro atoms. The van der Waals surface area contributed by atoms with E-state index in [1.807, 2.05) is 25.1 Å². The number of fused-ring (bicyclic) bond motifs is 1. The van der Waals surface area contributed by atoms with Gasteiger partial charge in [-0.3, -0.25) is 14.6 Å². The molecule has 1 aromatic carbocycles. The Kier molecular flexibility index (Phi) is 3.71. The summed E-state index contributed by atoms with van der Waals surface area (Å²) < 4.78 is 0. The maximum absolute atomic E-state index is 12.6. The van der Waals surface area contributed by atoms with Gasteiger partial charge in [-0.2, -0.15) is 0 Å². The summed E-state index contributed by atoms with van der Waals surface area (Å²) in [4.78, 5) is 29.3. The van der Waals surface area contributed by atoms with Crippen molar-refractivity contribution in [1.82, 2.24) is 10.3 Å². The maximum atomic E-state index is 12.6. The van der Waals surface area contributed by atoms with Crippen molar-refractivity contribution in [1.29, 1.82) is 0 Å². The van der Waals surface area contributed by atoms with Crippen molar-refractivity contribution in [2.75, 3.05) is 5.32 Å². The normalized spacial score (nSPS) is 17.4. The Bertz CT molecular complexity index is 823. The lowest BCUT2D eigenvalue weighted by molar-refractivity contribution is -0.122. The van der Waals surface area contributed by atoms with E-state index in [0.29, 0.717) is 17.3 Å². The van der Waals surface area contributed by atoms with Gasteiger partial charge in [0.1, 0.15) is 0 Å². The summed E-state index contributed by atoms with van der Waals surface area (Å²) in [5, 5.41) is 6.80. The average molecular weight is 323 g/mol. The monoisotopic (exact) mass is 323 g/mol. The second kappa shape index (κ2) is 5.89. The second-order valence-electron chi connectivity index (χ2n) is 6.91. The van der Waals surface area contributed by atoms with Crippen LogP contribution in [0.1, 0.15) is 48.2 Å². The van der Waals surface area contributed by atoms with E-state index in [1.165, 1.54) is 0 Å². The van der Waals surface area contributed by atoms with Crippen LogP contribution in [0.3, 0.4) is 0 Å². The van der Waals surface area contributed by atoms with Gasteiger partial charge in [-0.05, 0) is 50.8 Å². The van der Waals surface area contributed by atoms with Gasteiger partial charge in [0.15, 0.2) is 0 Å². The van der Waals surface area contributed by atoms with E-state index in [2.05, 4.69) is 15.6 Å². The summed E-state index contributed by atoms with van der Waals surface area (Å²) >= 11 is 0. The zero-order chi connectivity index (χ0) is 16.7. The number of benzene rings is 1. The molecule has 5 heteroatoms. The lowest BCUT2D eigenvalue weighted by atomic mass is 9.85. The number of amides is 2. The number of aromatic nitrogens is 1. The summed E-state index contributed by atoms with van der Waals surface area (Å²) in [5.41, 5.74) is 2.86. The Hall–Kier alpha value is -2.43. The summed E-state index contributed by atoms with van der Waals surface area (Å²) in [5.74, 6) is 0.0598. The molecule has 4 rings (SSSR count). The number of hydrogen-bond donors (Lipinski definition) is 2. The third kappa shape index (κ3) is 2.98. The predicted octanol–water partition coefficient (Wildman–Crippen LogP) is 3.17. The molecule has 1 aromatic heterocycles. The molecule has 2 amide bonds. The van der Waals surface area contributed by atoms with Crippen LogP contribution in [-0.2, 0) is 4.79 Å². The molecule has 0 bridgehead atoms. The first-order valence-corrected chi connectivity index (χ1v) is 8.63. The summed E-state index contributed by atoms with van der Waals surface area (Å²) in [6, 6.07) is 7.75. The zero-order valence-corrected chi connectivity index (χ0v) is 13.8. The highest BCUT2D eigenvalue weighted by Gasteiger charge is 2.27. The molecule has 0 radical (unpaired) electrons. The summed E-state index contributed by atoms with van der Waals surface area (Å²) in [6.07, 6.45) is 5.10. The van der Waals surface area contributed by atoms with E-state index in [9.17, 15) is 9.59 Å². The van der Waals surface area contributed by atoms with Crippen LogP contribution >= 0.6 is 0 Å². The second-order valence-corrected chi connectivity index (χ2v) is 6.91. The molecule has 2 saturated carbocycles. The van der Waals surface area contributed by atoms with Crippen LogP contribution in [0.4, 0.5) is 5.69 Å². The van der Waals surface area contributed by atoms with Crippen molar-refractivity contribution in [3.63, 3.8) is 0 Å². The van der Waals surface area contributed by atoms with E-state index in [1.54, 1.807) is 6.07 Å². The molecule has 5 nitrogen and oxygen atoms in total. The molecule has 1 heterocycles. The van der Waals surface area contributed by atoms with E-state index in [-0.39, 0.29) is 17.7 Å². The van der Waals surface area contributed by atoms with E-state index in [4.69, 9.17) is 0 Å². The van der Waals surface area contributed by atoms with Gasteiger partial charge in [-0.25, -0.2) is 0 Å². The molecular formula is C19H21N3O2. The smallest absolute Gasteiger partial charge is 0.252 e. The number of anilines is 1. The molecule has 2 aromatic rings. The highest BCUT2D eigenvalue weighted by atomic mass is 16.2. The fourth-order valence-corrected chi connectivity index (χ4v) is 3.00.